The SMILES string of the molecule is CCCCCCCCCCCC(=O)NC(CO)C(C)C. The second-order valence-corrected chi connectivity index (χ2v) is 6.18. The molecule has 0 saturated carbocycles. The zero-order valence-electron chi connectivity index (χ0n) is 13.8. The van der Waals surface area contributed by atoms with Crippen molar-refractivity contribution in [2.45, 2.75) is 91.0 Å². The van der Waals surface area contributed by atoms with Gasteiger partial charge >= 0.3 is 0 Å². The number of carbonyl (C=O) groups is 1. The van der Waals surface area contributed by atoms with Crippen LogP contribution in [-0.2, 0) is 4.79 Å². The fourth-order valence-electron chi connectivity index (χ4n) is 2.30. The van der Waals surface area contributed by atoms with E-state index in [9.17, 15) is 4.79 Å². The first-order valence-electron chi connectivity index (χ1n) is 8.52. The molecule has 1 amide bonds. The minimum atomic E-state index is -0.0962. The molecule has 20 heavy (non-hydrogen) atoms. The Morgan fingerprint density at radius 2 is 1.45 bits per heavy atom. The van der Waals surface area contributed by atoms with E-state index in [4.69, 9.17) is 5.11 Å². The van der Waals surface area contributed by atoms with Crippen molar-refractivity contribution in [3.63, 3.8) is 0 Å². The lowest BCUT2D eigenvalue weighted by atomic mass is 10.0. The van der Waals surface area contributed by atoms with E-state index in [1.165, 1.54) is 44.9 Å². The first kappa shape index (κ1) is 19.4. The third-order valence-electron chi connectivity index (χ3n) is 3.86. The molecule has 1 unspecified atom stereocenters. The number of unbranched alkanes of at least 4 members (excludes halogenated alkanes) is 8. The van der Waals surface area contributed by atoms with Gasteiger partial charge in [-0.15, -0.1) is 0 Å². The van der Waals surface area contributed by atoms with Gasteiger partial charge in [0.15, 0.2) is 0 Å². The van der Waals surface area contributed by atoms with Crippen molar-refractivity contribution < 1.29 is 9.90 Å². The first-order valence-corrected chi connectivity index (χ1v) is 8.52. The maximum atomic E-state index is 11.7. The average molecular weight is 285 g/mol. The Balaban J connectivity index is 3.39. The van der Waals surface area contributed by atoms with Gasteiger partial charge < -0.3 is 10.4 Å². The largest absolute Gasteiger partial charge is 0.394 e. The lowest BCUT2D eigenvalue weighted by Gasteiger charge is -2.19. The number of amides is 1. The smallest absolute Gasteiger partial charge is 0.220 e. The Morgan fingerprint density at radius 1 is 0.950 bits per heavy atom. The summed E-state index contributed by atoms with van der Waals surface area (Å²) in [6.07, 6.45) is 12.0. The molecule has 0 heterocycles. The van der Waals surface area contributed by atoms with Crippen LogP contribution in [0, 0.1) is 5.92 Å². The van der Waals surface area contributed by atoms with E-state index in [0.717, 1.165) is 12.8 Å². The molecule has 0 saturated heterocycles. The standard InChI is InChI=1S/C17H35NO2/c1-4-5-6-7-8-9-10-11-12-13-17(20)18-16(14-19)15(2)3/h15-16,19H,4-14H2,1-3H3,(H,18,20). The molecule has 2 N–H and O–H groups in total. The molecular formula is C17H35NO2. The van der Waals surface area contributed by atoms with E-state index in [1.807, 2.05) is 13.8 Å². The Kier molecular flexibility index (Phi) is 13.0. The van der Waals surface area contributed by atoms with Crippen LogP contribution >= 0.6 is 0 Å². The highest BCUT2D eigenvalue weighted by molar-refractivity contribution is 5.76. The molecule has 120 valence electrons. The Hall–Kier alpha value is -0.570. The van der Waals surface area contributed by atoms with Crippen LogP contribution in [0.4, 0.5) is 0 Å². The van der Waals surface area contributed by atoms with Crippen molar-refractivity contribution >= 4 is 5.91 Å². The third kappa shape index (κ3) is 11.3. The predicted octanol–water partition coefficient (Wildman–Crippen LogP) is 4.04. The van der Waals surface area contributed by atoms with Crippen LogP contribution in [0.1, 0.15) is 85.0 Å². The molecule has 3 heteroatoms. The van der Waals surface area contributed by atoms with E-state index in [0.29, 0.717) is 6.42 Å². The molecule has 0 aromatic carbocycles. The van der Waals surface area contributed by atoms with Gasteiger partial charge in [-0.1, -0.05) is 72.1 Å². The minimum Gasteiger partial charge on any atom is -0.394 e. The van der Waals surface area contributed by atoms with Crippen LogP contribution in [0.15, 0.2) is 0 Å². The summed E-state index contributed by atoms with van der Waals surface area (Å²) in [6, 6.07) is -0.0962. The summed E-state index contributed by atoms with van der Waals surface area (Å²) in [6.45, 7) is 6.30. The molecule has 0 rings (SSSR count). The summed E-state index contributed by atoms with van der Waals surface area (Å²) >= 11 is 0. The van der Waals surface area contributed by atoms with Crippen LogP contribution in [0.3, 0.4) is 0 Å². The monoisotopic (exact) mass is 285 g/mol. The second kappa shape index (κ2) is 13.4. The molecule has 0 aromatic rings. The van der Waals surface area contributed by atoms with Crippen molar-refractivity contribution in [1.82, 2.24) is 5.32 Å². The number of hydrogen-bond acceptors (Lipinski definition) is 2. The summed E-state index contributed by atoms with van der Waals surface area (Å²) < 4.78 is 0. The molecule has 0 aliphatic rings. The van der Waals surface area contributed by atoms with Gasteiger partial charge in [-0.05, 0) is 12.3 Å². The van der Waals surface area contributed by atoms with Crippen molar-refractivity contribution in [2.24, 2.45) is 5.92 Å². The second-order valence-electron chi connectivity index (χ2n) is 6.18. The van der Waals surface area contributed by atoms with Gasteiger partial charge in [0.2, 0.25) is 5.91 Å². The van der Waals surface area contributed by atoms with Crippen molar-refractivity contribution in [1.29, 1.82) is 0 Å². The van der Waals surface area contributed by atoms with Gasteiger partial charge in [-0.2, -0.15) is 0 Å². The maximum absolute atomic E-state index is 11.7. The topological polar surface area (TPSA) is 49.3 Å². The van der Waals surface area contributed by atoms with Crippen LogP contribution in [0.2, 0.25) is 0 Å². The van der Waals surface area contributed by atoms with E-state index in [1.54, 1.807) is 0 Å². The fraction of sp³-hybridized carbons (Fsp3) is 0.941. The number of nitrogens with one attached hydrogen (secondary N) is 1. The van der Waals surface area contributed by atoms with Gasteiger partial charge in [0.1, 0.15) is 0 Å². The molecule has 0 aliphatic heterocycles. The highest BCUT2D eigenvalue weighted by Gasteiger charge is 2.14. The van der Waals surface area contributed by atoms with Crippen LogP contribution in [0.25, 0.3) is 0 Å². The van der Waals surface area contributed by atoms with Gasteiger partial charge in [0, 0.05) is 6.42 Å². The summed E-state index contributed by atoms with van der Waals surface area (Å²) in [5.41, 5.74) is 0. The van der Waals surface area contributed by atoms with Gasteiger partial charge in [0.05, 0.1) is 12.6 Å². The number of aliphatic hydroxyl groups is 1. The summed E-state index contributed by atoms with van der Waals surface area (Å²) in [5, 5.41) is 12.1. The Labute approximate surface area is 125 Å². The number of aliphatic hydroxyl groups excluding tert-OH is 1. The van der Waals surface area contributed by atoms with E-state index in [-0.39, 0.29) is 24.5 Å². The summed E-state index contributed by atoms with van der Waals surface area (Å²) in [4.78, 5) is 11.7. The Bertz CT molecular complexity index is 229. The van der Waals surface area contributed by atoms with E-state index >= 15 is 0 Å². The molecule has 0 radical (unpaired) electrons. The van der Waals surface area contributed by atoms with Gasteiger partial charge in [0.25, 0.3) is 0 Å². The quantitative estimate of drug-likeness (QED) is 0.502. The minimum absolute atomic E-state index is 0.0289. The average Bonchev–Trinajstić information content (AvgIpc) is 2.42. The third-order valence-corrected chi connectivity index (χ3v) is 3.86. The zero-order valence-corrected chi connectivity index (χ0v) is 13.8. The van der Waals surface area contributed by atoms with Crippen molar-refractivity contribution in [3.8, 4) is 0 Å². The van der Waals surface area contributed by atoms with E-state index in [2.05, 4.69) is 12.2 Å². The molecule has 3 nitrogen and oxygen atoms in total. The zero-order chi connectivity index (χ0) is 15.2. The van der Waals surface area contributed by atoms with Crippen LogP contribution < -0.4 is 5.32 Å². The Morgan fingerprint density at radius 3 is 1.90 bits per heavy atom. The van der Waals surface area contributed by atoms with Gasteiger partial charge in [-0.3, -0.25) is 4.79 Å². The lowest BCUT2D eigenvalue weighted by molar-refractivity contribution is -0.122. The lowest BCUT2D eigenvalue weighted by Crippen LogP contribution is -2.41. The van der Waals surface area contributed by atoms with E-state index < -0.39 is 0 Å². The summed E-state index contributed by atoms with van der Waals surface area (Å²) in [7, 11) is 0. The molecule has 1 atom stereocenters. The highest BCUT2D eigenvalue weighted by atomic mass is 16.3. The summed E-state index contributed by atoms with van der Waals surface area (Å²) in [5.74, 6) is 0.368. The van der Waals surface area contributed by atoms with Crippen molar-refractivity contribution in [3.05, 3.63) is 0 Å². The normalized spacial score (nSPS) is 12.7. The first-order chi connectivity index (χ1) is 9.61. The molecule has 0 aliphatic carbocycles. The fourth-order valence-corrected chi connectivity index (χ4v) is 2.30. The van der Waals surface area contributed by atoms with Gasteiger partial charge in [-0.25, -0.2) is 0 Å². The van der Waals surface area contributed by atoms with Crippen LogP contribution in [0.5, 0.6) is 0 Å². The number of rotatable bonds is 13. The molecule has 0 bridgehead atoms. The number of carbonyl (C=O) groups excluding carboxylic acids is 1. The molecule has 0 spiro atoms. The highest BCUT2D eigenvalue weighted by Crippen LogP contribution is 2.10. The number of hydrogen-bond donors (Lipinski definition) is 2. The molecular weight excluding hydrogens is 250 g/mol. The van der Waals surface area contributed by atoms with Crippen LogP contribution in [-0.4, -0.2) is 23.7 Å². The molecule has 0 aromatic heterocycles. The maximum Gasteiger partial charge on any atom is 0.220 e. The molecule has 0 fully saturated rings. The predicted molar refractivity (Wildman–Crippen MR) is 85.7 cm³/mol. The van der Waals surface area contributed by atoms with Crippen molar-refractivity contribution in [2.75, 3.05) is 6.61 Å².